The number of aromatic nitrogens is 3. The van der Waals surface area contributed by atoms with Crippen molar-refractivity contribution in [3.05, 3.63) is 21.0 Å². The van der Waals surface area contributed by atoms with Gasteiger partial charge in [-0.05, 0) is 0 Å². The highest BCUT2D eigenvalue weighted by Crippen LogP contribution is 2.15. The average molecular weight is 340 g/mol. The summed E-state index contributed by atoms with van der Waals surface area (Å²) in [5, 5.41) is 1.76. The molecule has 0 N–H and O–H groups in total. The maximum absolute atomic E-state index is 12.9. The summed E-state index contributed by atoms with van der Waals surface area (Å²) in [6, 6.07) is 0. The molecule has 4 saturated heterocycles. The first-order valence-corrected chi connectivity index (χ1v) is 8.33. The second-order valence-corrected chi connectivity index (χ2v) is 6.73. The van der Waals surface area contributed by atoms with Gasteiger partial charge in [0.05, 0.1) is 52.6 Å². The first-order chi connectivity index (χ1) is 11.7. The van der Waals surface area contributed by atoms with Gasteiger partial charge >= 0.3 is 11.4 Å². The van der Waals surface area contributed by atoms with E-state index in [1.807, 2.05) is 0 Å². The molecule has 0 aromatic carbocycles. The van der Waals surface area contributed by atoms with Gasteiger partial charge in [0.15, 0.2) is 0 Å². The Morgan fingerprint density at radius 3 is 1.46 bits per heavy atom. The molecule has 0 radical (unpaired) electrons. The van der Waals surface area contributed by atoms with Gasteiger partial charge in [-0.3, -0.25) is 5.01 Å². The highest BCUT2D eigenvalue weighted by Gasteiger charge is 2.36. The lowest BCUT2D eigenvalue weighted by Crippen LogP contribution is -2.51. The van der Waals surface area contributed by atoms with Gasteiger partial charge in [0, 0.05) is 0 Å². The Morgan fingerprint density at radius 1 is 0.750 bits per heavy atom. The topological polar surface area (TPSA) is 102 Å². The maximum atomic E-state index is 12.9. The van der Waals surface area contributed by atoms with Gasteiger partial charge in [-0.25, -0.2) is 19.0 Å². The summed E-state index contributed by atoms with van der Waals surface area (Å²) < 4.78 is 25.2. The highest BCUT2D eigenvalue weighted by molar-refractivity contribution is 4.98. The van der Waals surface area contributed by atoms with Crippen LogP contribution in [0.4, 0.5) is 0 Å². The number of hydrogen-bond donors (Lipinski definition) is 0. The lowest BCUT2D eigenvalue weighted by molar-refractivity contribution is 0.314. The molecular formula is C14H20N4O6. The SMILES string of the molecule is O=c1n(N(CC2CO2)CC2CO2)c(=O)n(CC2CO2)n1CC1CO1. The molecule has 132 valence electrons. The Labute approximate surface area is 137 Å². The fourth-order valence-electron chi connectivity index (χ4n) is 2.89. The molecule has 24 heavy (non-hydrogen) atoms. The molecule has 10 nitrogen and oxygen atoms in total. The summed E-state index contributed by atoms with van der Waals surface area (Å²) in [5.74, 6) is 0. The quantitative estimate of drug-likeness (QED) is 0.452. The molecule has 5 heterocycles. The molecule has 5 rings (SSSR count). The number of hydrogen-bond acceptors (Lipinski definition) is 7. The van der Waals surface area contributed by atoms with E-state index in [1.165, 1.54) is 14.0 Å². The smallest absolute Gasteiger partial charge is 0.366 e. The molecule has 10 heteroatoms. The van der Waals surface area contributed by atoms with Gasteiger partial charge in [-0.1, -0.05) is 0 Å². The average Bonchev–Trinajstić information content (AvgIpc) is 3.40. The molecule has 4 fully saturated rings. The van der Waals surface area contributed by atoms with Crippen LogP contribution in [-0.2, 0) is 32.0 Å². The summed E-state index contributed by atoms with van der Waals surface area (Å²) in [7, 11) is 0. The van der Waals surface area contributed by atoms with Crippen molar-refractivity contribution in [2.75, 3.05) is 44.5 Å². The molecule has 0 spiro atoms. The molecule has 0 aliphatic carbocycles. The van der Waals surface area contributed by atoms with Crippen LogP contribution in [0.25, 0.3) is 0 Å². The van der Waals surface area contributed by atoms with Gasteiger partial charge in [-0.2, -0.15) is 4.68 Å². The molecular weight excluding hydrogens is 320 g/mol. The number of nitrogens with zero attached hydrogens (tertiary/aromatic N) is 4. The first kappa shape index (κ1) is 14.7. The van der Waals surface area contributed by atoms with E-state index in [1.54, 1.807) is 5.01 Å². The zero-order valence-corrected chi connectivity index (χ0v) is 13.2. The fraction of sp³-hybridized carbons (Fsp3) is 0.857. The molecule has 4 atom stereocenters. The van der Waals surface area contributed by atoms with Crippen LogP contribution in [0.15, 0.2) is 9.59 Å². The van der Waals surface area contributed by atoms with E-state index in [-0.39, 0.29) is 35.8 Å². The van der Waals surface area contributed by atoms with Crippen molar-refractivity contribution in [3.8, 4) is 0 Å². The van der Waals surface area contributed by atoms with Crippen molar-refractivity contribution >= 4 is 0 Å². The second-order valence-electron chi connectivity index (χ2n) is 6.73. The van der Waals surface area contributed by atoms with Crippen LogP contribution in [0, 0.1) is 0 Å². The molecule has 0 saturated carbocycles. The summed E-state index contributed by atoms with van der Waals surface area (Å²) >= 11 is 0. The fourth-order valence-corrected chi connectivity index (χ4v) is 2.89. The number of epoxide rings is 4. The van der Waals surface area contributed by atoms with Gasteiger partial charge in [0.25, 0.3) is 0 Å². The van der Waals surface area contributed by atoms with Gasteiger partial charge in [-0.15, -0.1) is 0 Å². The van der Waals surface area contributed by atoms with Crippen molar-refractivity contribution in [2.24, 2.45) is 0 Å². The summed E-state index contributed by atoms with van der Waals surface area (Å²) in [6.07, 6.45) is 0.170. The largest absolute Gasteiger partial charge is 0.371 e. The zero-order valence-electron chi connectivity index (χ0n) is 13.2. The van der Waals surface area contributed by atoms with Crippen LogP contribution in [0.3, 0.4) is 0 Å². The molecule has 1 aromatic rings. The Bertz CT molecular complexity index is 678. The van der Waals surface area contributed by atoms with Crippen molar-refractivity contribution in [2.45, 2.75) is 37.5 Å². The van der Waals surface area contributed by atoms with E-state index in [0.29, 0.717) is 52.6 Å². The van der Waals surface area contributed by atoms with Crippen molar-refractivity contribution in [1.82, 2.24) is 14.0 Å². The third-order valence-electron chi connectivity index (χ3n) is 4.57. The molecule has 0 bridgehead atoms. The normalized spacial score (nSPS) is 32.7. The van der Waals surface area contributed by atoms with Crippen molar-refractivity contribution < 1.29 is 18.9 Å². The van der Waals surface area contributed by atoms with Crippen LogP contribution in [-0.4, -0.2) is 78.0 Å². The van der Waals surface area contributed by atoms with Crippen LogP contribution < -0.4 is 16.4 Å². The highest BCUT2D eigenvalue weighted by atomic mass is 16.6. The minimum Gasteiger partial charge on any atom is -0.371 e. The molecule has 4 aliphatic heterocycles. The minimum atomic E-state index is -0.336. The van der Waals surface area contributed by atoms with E-state index in [9.17, 15) is 9.59 Å². The predicted octanol–water partition coefficient (Wildman–Crippen LogP) is -2.66. The van der Waals surface area contributed by atoms with Crippen LogP contribution in [0.5, 0.6) is 0 Å². The van der Waals surface area contributed by atoms with Gasteiger partial charge in [0.1, 0.15) is 24.4 Å². The van der Waals surface area contributed by atoms with Crippen LogP contribution >= 0.6 is 0 Å². The lowest BCUT2D eigenvalue weighted by Gasteiger charge is -2.21. The van der Waals surface area contributed by atoms with Crippen molar-refractivity contribution in [3.63, 3.8) is 0 Å². The third-order valence-corrected chi connectivity index (χ3v) is 4.57. The standard InChI is InChI=1S/C14H20N4O6/c19-13-16(3-11-7-23-11)17(4-12-8-24-12)14(20)18(13)15(1-9-5-21-9)2-10-6-22-10/h9-12H,1-8H2. The van der Waals surface area contributed by atoms with E-state index in [0.717, 1.165) is 0 Å². The Morgan fingerprint density at radius 2 is 1.12 bits per heavy atom. The predicted molar refractivity (Wildman–Crippen MR) is 79.9 cm³/mol. The second kappa shape index (κ2) is 5.45. The lowest BCUT2D eigenvalue weighted by atomic mass is 10.4. The summed E-state index contributed by atoms with van der Waals surface area (Å²) in [5.41, 5.74) is -0.671. The third kappa shape index (κ3) is 3.02. The number of rotatable bonds is 9. The number of ether oxygens (including phenoxy) is 4. The zero-order chi connectivity index (χ0) is 16.3. The van der Waals surface area contributed by atoms with E-state index >= 15 is 0 Å². The van der Waals surface area contributed by atoms with Gasteiger partial charge in [0.2, 0.25) is 0 Å². The van der Waals surface area contributed by atoms with Gasteiger partial charge < -0.3 is 18.9 Å². The molecule has 4 aliphatic rings. The summed E-state index contributed by atoms with van der Waals surface area (Å²) in [4.78, 5) is 25.8. The Balaban J connectivity index is 1.50. The monoisotopic (exact) mass is 340 g/mol. The summed E-state index contributed by atoms with van der Waals surface area (Å²) in [6.45, 7) is 4.39. The van der Waals surface area contributed by atoms with Crippen LogP contribution in [0.1, 0.15) is 0 Å². The maximum Gasteiger partial charge on any atom is 0.366 e. The molecule has 0 amide bonds. The Hall–Kier alpha value is -1.62. The van der Waals surface area contributed by atoms with Crippen LogP contribution in [0.2, 0.25) is 0 Å². The van der Waals surface area contributed by atoms with E-state index in [2.05, 4.69) is 0 Å². The minimum absolute atomic E-state index is 0.0105. The molecule has 4 unspecified atom stereocenters. The Kier molecular flexibility index (Phi) is 3.34. The van der Waals surface area contributed by atoms with E-state index in [4.69, 9.17) is 18.9 Å². The van der Waals surface area contributed by atoms with E-state index < -0.39 is 0 Å². The first-order valence-electron chi connectivity index (χ1n) is 8.33. The molecule has 1 aromatic heterocycles. The van der Waals surface area contributed by atoms with Crippen molar-refractivity contribution in [1.29, 1.82) is 0 Å².